The average Bonchev–Trinajstić information content (AvgIpc) is 2.28. The van der Waals surface area contributed by atoms with Crippen LogP contribution in [0.3, 0.4) is 0 Å². The Morgan fingerprint density at radius 1 is 1.29 bits per heavy atom. The molecular formula is C13H18O4. The molecule has 0 bridgehead atoms. The fourth-order valence-electron chi connectivity index (χ4n) is 1.60. The zero-order chi connectivity index (χ0) is 12.8. The Bertz CT molecular complexity index is 375. The predicted molar refractivity (Wildman–Crippen MR) is 63.5 cm³/mol. The lowest BCUT2D eigenvalue weighted by atomic mass is 10.1. The summed E-state index contributed by atoms with van der Waals surface area (Å²) in [5, 5.41) is 9.04. The normalized spacial score (nSPS) is 10.1. The van der Waals surface area contributed by atoms with E-state index in [-0.39, 0.29) is 12.6 Å². The van der Waals surface area contributed by atoms with Crippen LogP contribution in [0, 0.1) is 13.8 Å². The molecule has 0 aromatic heterocycles. The number of aryl methyl sites for hydroxylation is 2. The Morgan fingerprint density at radius 2 is 1.88 bits per heavy atom. The molecule has 0 unspecified atom stereocenters. The number of aliphatic hydroxyl groups is 1. The van der Waals surface area contributed by atoms with E-state index in [9.17, 15) is 4.79 Å². The summed E-state index contributed by atoms with van der Waals surface area (Å²) in [6.45, 7) is 5.57. The Kier molecular flexibility index (Phi) is 4.97. The molecular weight excluding hydrogens is 220 g/mol. The van der Waals surface area contributed by atoms with Crippen molar-refractivity contribution in [2.24, 2.45) is 0 Å². The number of hydrogen-bond donors (Lipinski definition) is 1. The molecule has 0 saturated carbocycles. The van der Waals surface area contributed by atoms with E-state index < -0.39 is 0 Å². The van der Waals surface area contributed by atoms with Crippen molar-refractivity contribution in [2.75, 3.05) is 0 Å². The molecule has 4 nitrogen and oxygen atoms in total. The van der Waals surface area contributed by atoms with Crippen LogP contribution in [0.4, 0.5) is 0 Å². The largest absolute Gasteiger partial charge is 0.392 e. The zero-order valence-corrected chi connectivity index (χ0v) is 10.4. The highest BCUT2D eigenvalue weighted by Gasteiger charge is 2.10. The standard InChI is InChI=1S/C13H18O4/c1-4-5-12(15)16-17-13-9(2)6-11(8-14)7-10(13)3/h6-7,14H,4-5,8H2,1-3H3. The van der Waals surface area contributed by atoms with Gasteiger partial charge in [-0.2, -0.15) is 0 Å². The van der Waals surface area contributed by atoms with E-state index in [4.69, 9.17) is 14.9 Å². The van der Waals surface area contributed by atoms with E-state index in [0.717, 1.165) is 23.1 Å². The van der Waals surface area contributed by atoms with Crippen LogP contribution < -0.4 is 4.89 Å². The predicted octanol–water partition coefficient (Wildman–Crippen LogP) is 2.43. The summed E-state index contributed by atoms with van der Waals surface area (Å²) in [6, 6.07) is 3.60. The highest BCUT2D eigenvalue weighted by atomic mass is 17.2. The van der Waals surface area contributed by atoms with Crippen LogP contribution in [0.5, 0.6) is 5.75 Å². The Hall–Kier alpha value is -1.55. The Labute approximate surface area is 101 Å². The molecule has 1 rings (SSSR count). The molecule has 0 radical (unpaired) electrons. The van der Waals surface area contributed by atoms with E-state index in [1.165, 1.54) is 0 Å². The molecule has 0 fully saturated rings. The quantitative estimate of drug-likeness (QED) is 0.632. The molecule has 0 amide bonds. The maximum Gasteiger partial charge on any atom is 0.355 e. The van der Waals surface area contributed by atoms with Crippen molar-refractivity contribution in [1.82, 2.24) is 0 Å². The number of rotatable bonds is 5. The summed E-state index contributed by atoms with van der Waals surface area (Å²) in [7, 11) is 0. The van der Waals surface area contributed by atoms with E-state index in [1.807, 2.05) is 20.8 Å². The van der Waals surface area contributed by atoms with Gasteiger partial charge >= 0.3 is 5.97 Å². The second kappa shape index (κ2) is 6.25. The molecule has 94 valence electrons. The summed E-state index contributed by atoms with van der Waals surface area (Å²) < 4.78 is 0. The van der Waals surface area contributed by atoms with E-state index in [0.29, 0.717) is 12.2 Å². The summed E-state index contributed by atoms with van der Waals surface area (Å²) in [5.41, 5.74) is 2.48. The SMILES string of the molecule is CCCC(=O)OOc1c(C)cc(CO)cc1C. The van der Waals surface area contributed by atoms with Crippen molar-refractivity contribution < 1.29 is 19.7 Å². The molecule has 1 aromatic rings. The van der Waals surface area contributed by atoms with E-state index in [1.54, 1.807) is 12.1 Å². The lowest BCUT2D eigenvalue weighted by Gasteiger charge is -2.11. The first-order valence-corrected chi connectivity index (χ1v) is 5.66. The van der Waals surface area contributed by atoms with Crippen molar-refractivity contribution in [3.63, 3.8) is 0 Å². The molecule has 0 atom stereocenters. The summed E-state index contributed by atoms with van der Waals surface area (Å²) >= 11 is 0. The van der Waals surface area contributed by atoms with Crippen LogP contribution in [0.2, 0.25) is 0 Å². The van der Waals surface area contributed by atoms with Gasteiger partial charge in [0.2, 0.25) is 0 Å². The monoisotopic (exact) mass is 238 g/mol. The molecule has 0 spiro atoms. The molecule has 0 aliphatic rings. The number of benzene rings is 1. The smallest absolute Gasteiger partial charge is 0.355 e. The molecule has 0 saturated heterocycles. The second-order valence-electron chi connectivity index (χ2n) is 4.01. The number of aliphatic hydroxyl groups excluding tert-OH is 1. The minimum atomic E-state index is -0.377. The fourth-order valence-corrected chi connectivity index (χ4v) is 1.60. The highest BCUT2D eigenvalue weighted by Crippen LogP contribution is 2.25. The van der Waals surface area contributed by atoms with Gasteiger partial charge in [0.15, 0.2) is 5.75 Å². The van der Waals surface area contributed by atoms with Gasteiger partial charge in [-0.15, -0.1) is 0 Å². The van der Waals surface area contributed by atoms with Crippen molar-refractivity contribution in [3.05, 3.63) is 28.8 Å². The molecule has 0 aliphatic carbocycles. The highest BCUT2D eigenvalue weighted by molar-refractivity contribution is 5.68. The zero-order valence-electron chi connectivity index (χ0n) is 10.4. The third kappa shape index (κ3) is 3.75. The molecule has 1 aromatic carbocycles. The third-order valence-corrected chi connectivity index (χ3v) is 2.37. The third-order valence-electron chi connectivity index (χ3n) is 2.37. The topological polar surface area (TPSA) is 55.8 Å². The van der Waals surface area contributed by atoms with Gasteiger partial charge in [0.05, 0.1) is 6.61 Å². The van der Waals surface area contributed by atoms with Crippen molar-refractivity contribution in [2.45, 2.75) is 40.2 Å². The van der Waals surface area contributed by atoms with Crippen molar-refractivity contribution in [1.29, 1.82) is 0 Å². The first-order chi connectivity index (χ1) is 8.08. The van der Waals surface area contributed by atoms with Gasteiger partial charge in [-0.25, -0.2) is 4.79 Å². The van der Waals surface area contributed by atoms with Gasteiger partial charge in [0.25, 0.3) is 0 Å². The van der Waals surface area contributed by atoms with Crippen LogP contribution in [0.25, 0.3) is 0 Å². The van der Waals surface area contributed by atoms with Gasteiger partial charge in [-0.05, 0) is 49.1 Å². The molecule has 0 aliphatic heterocycles. The second-order valence-corrected chi connectivity index (χ2v) is 4.01. The van der Waals surface area contributed by atoms with Crippen molar-refractivity contribution in [3.8, 4) is 5.75 Å². The summed E-state index contributed by atoms with van der Waals surface area (Å²) in [5.74, 6) is 0.157. The van der Waals surface area contributed by atoms with Crippen LogP contribution in [-0.2, 0) is 16.3 Å². The first kappa shape index (κ1) is 13.5. The minimum absolute atomic E-state index is 0.0163. The van der Waals surface area contributed by atoms with E-state index in [2.05, 4.69) is 0 Å². The Morgan fingerprint density at radius 3 is 2.35 bits per heavy atom. The van der Waals surface area contributed by atoms with Crippen LogP contribution >= 0.6 is 0 Å². The van der Waals surface area contributed by atoms with Gasteiger partial charge < -0.3 is 5.11 Å². The maximum absolute atomic E-state index is 11.2. The summed E-state index contributed by atoms with van der Waals surface area (Å²) in [4.78, 5) is 20.9. The Balaban J connectivity index is 2.74. The summed E-state index contributed by atoms with van der Waals surface area (Å²) in [6.07, 6.45) is 1.07. The average molecular weight is 238 g/mol. The number of carbonyl (C=O) groups excluding carboxylic acids is 1. The van der Waals surface area contributed by atoms with Gasteiger partial charge in [-0.1, -0.05) is 6.92 Å². The molecule has 17 heavy (non-hydrogen) atoms. The number of hydrogen-bond acceptors (Lipinski definition) is 4. The lowest BCUT2D eigenvalue weighted by molar-refractivity contribution is -0.214. The van der Waals surface area contributed by atoms with Crippen LogP contribution in [-0.4, -0.2) is 11.1 Å². The molecule has 4 heteroatoms. The minimum Gasteiger partial charge on any atom is -0.392 e. The number of carbonyl (C=O) groups is 1. The fraction of sp³-hybridized carbons (Fsp3) is 0.462. The van der Waals surface area contributed by atoms with Gasteiger partial charge in [0, 0.05) is 6.42 Å². The first-order valence-electron chi connectivity index (χ1n) is 5.66. The van der Waals surface area contributed by atoms with Crippen LogP contribution in [0.1, 0.15) is 36.5 Å². The molecule has 0 heterocycles. The molecule has 1 N–H and O–H groups in total. The van der Waals surface area contributed by atoms with E-state index >= 15 is 0 Å². The lowest BCUT2D eigenvalue weighted by Crippen LogP contribution is -2.08. The maximum atomic E-state index is 11.2. The van der Waals surface area contributed by atoms with Gasteiger partial charge in [-0.3, -0.25) is 9.78 Å². The van der Waals surface area contributed by atoms with Crippen molar-refractivity contribution >= 4 is 5.97 Å². The van der Waals surface area contributed by atoms with Crippen LogP contribution in [0.15, 0.2) is 12.1 Å². The van der Waals surface area contributed by atoms with Gasteiger partial charge in [0.1, 0.15) is 0 Å².